The van der Waals surface area contributed by atoms with Gasteiger partial charge in [0.1, 0.15) is 17.2 Å². The molecule has 0 unspecified atom stereocenters. The number of aryl methyl sites for hydroxylation is 1. The minimum atomic E-state index is 0.301. The van der Waals surface area contributed by atoms with Crippen molar-refractivity contribution in [3.63, 3.8) is 0 Å². The zero-order valence-electron chi connectivity index (χ0n) is 16.9. The number of nitrogens with zero attached hydrogens (tertiary/aromatic N) is 4. The van der Waals surface area contributed by atoms with Gasteiger partial charge >= 0.3 is 0 Å². The Morgan fingerprint density at radius 1 is 1.00 bits per heavy atom. The number of hydrogen-bond donors (Lipinski definition) is 0. The van der Waals surface area contributed by atoms with E-state index >= 15 is 0 Å². The highest BCUT2D eigenvalue weighted by Gasteiger charge is 2.15. The van der Waals surface area contributed by atoms with E-state index in [0.29, 0.717) is 17.0 Å². The summed E-state index contributed by atoms with van der Waals surface area (Å²) in [7, 11) is 0. The van der Waals surface area contributed by atoms with Gasteiger partial charge in [0, 0.05) is 17.3 Å². The lowest BCUT2D eigenvalue weighted by Crippen LogP contribution is -1.93. The molecule has 0 radical (unpaired) electrons. The Kier molecular flexibility index (Phi) is 4.66. The van der Waals surface area contributed by atoms with Crippen molar-refractivity contribution in [3.8, 4) is 23.0 Å². The van der Waals surface area contributed by atoms with Crippen LogP contribution in [-0.4, -0.2) is 14.8 Å². The average molecular weight is 402 g/mol. The van der Waals surface area contributed by atoms with Crippen LogP contribution >= 0.6 is 0 Å². The zero-order chi connectivity index (χ0) is 21.2. The smallest absolute Gasteiger partial charge is 0.238 e. The van der Waals surface area contributed by atoms with Gasteiger partial charge in [-0.3, -0.25) is 0 Å². The molecule has 0 saturated carbocycles. The lowest BCUT2D eigenvalue weighted by molar-refractivity contribution is 0.586. The topological polar surface area (TPSA) is 67.6 Å². The molecule has 0 fully saturated rings. The molecule has 0 amide bonds. The fourth-order valence-corrected chi connectivity index (χ4v) is 3.48. The Balaban J connectivity index is 1.66. The van der Waals surface area contributed by atoms with Crippen LogP contribution < -0.4 is 0 Å². The molecule has 0 atom stereocenters. The Morgan fingerprint density at radius 3 is 2.48 bits per heavy atom. The molecule has 0 N–H and O–H groups in total. The fourth-order valence-electron chi connectivity index (χ4n) is 3.48. The van der Waals surface area contributed by atoms with Crippen LogP contribution in [0.3, 0.4) is 0 Å². The number of allylic oxidation sites excluding steroid dienone is 1. The number of aromatic nitrogens is 3. The van der Waals surface area contributed by atoms with Gasteiger partial charge in [-0.15, -0.1) is 0 Å². The van der Waals surface area contributed by atoms with Crippen LogP contribution in [-0.2, 0) is 0 Å². The van der Waals surface area contributed by atoms with Gasteiger partial charge in [0.25, 0.3) is 0 Å². The first-order chi connectivity index (χ1) is 15.2. The molecule has 2 aromatic heterocycles. The second-order valence-corrected chi connectivity index (χ2v) is 7.24. The largest absolute Gasteiger partial charge is 0.435 e. The van der Waals surface area contributed by atoms with E-state index in [-0.39, 0.29) is 0 Å². The Hall–Kier alpha value is -4.43. The molecule has 31 heavy (non-hydrogen) atoms. The summed E-state index contributed by atoms with van der Waals surface area (Å²) in [6, 6.07) is 27.8. The molecule has 0 spiro atoms. The van der Waals surface area contributed by atoms with Gasteiger partial charge in [-0.1, -0.05) is 54.6 Å². The van der Waals surface area contributed by atoms with Gasteiger partial charge in [-0.25, -0.2) is 9.67 Å². The molecule has 0 aliphatic rings. The average Bonchev–Trinajstić information content (AvgIpc) is 3.42. The molecule has 3 aromatic carbocycles. The molecule has 0 bridgehead atoms. The number of nitriles is 1. The zero-order valence-corrected chi connectivity index (χ0v) is 16.9. The molecule has 0 aliphatic heterocycles. The maximum atomic E-state index is 9.86. The van der Waals surface area contributed by atoms with E-state index in [2.05, 4.69) is 11.1 Å². The first kappa shape index (κ1) is 18.6. The van der Waals surface area contributed by atoms with E-state index in [9.17, 15) is 5.26 Å². The van der Waals surface area contributed by atoms with Gasteiger partial charge < -0.3 is 4.42 Å². The van der Waals surface area contributed by atoms with Gasteiger partial charge in [-0.05, 0) is 42.8 Å². The number of fused-ring (bicyclic) bond motifs is 1. The molecule has 148 valence electrons. The molecule has 0 aliphatic carbocycles. The monoisotopic (exact) mass is 402 g/mol. The molecule has 5 heteroatoms. The van der Waals surface area contributed by atoms with Crippen LogP contribution in [0.25, 0.3) is 39.7 Å². The van der Waals surface area contributed by atoms with E-state index in [1.54, 1.807) is 6.08 Å². The standard InChI is InChI=1S/C26H18N4O/c1-18-12-13-24-23(14-18)28-26(31-24)20(16-27)15-21-17-30(22-10-6-3-7-11-22)29-25(21)19-8-4-2-5-9-19/h2-15,17H,1H3. The number of para-hydroxylation sites is 1. The maximum absolute atomic E-state index is 9.86. The normalized spacial score (nSPS) is 11.5. The maximum Gasteiger partial charge on any atom is 0.238 e. The summed E-state index contributed by atoms with van der Waals surface area (Å²) in [4.78, 5) is 4.52. The molecule has 5 rings (SSSR count). The van der Waals surface area contributed by atoms with Crippen molar-refractivity contribution in [3.05, 3.63) is 102 Å². The van der Waals surface area contributed by atoms with Crippen LogP contribution in [0.1, 0.15) is 17.0 Å². The van der Waals surface area contributed by atoms with Crippen molar-refractivity contribution in [1.82, 2.24) is 14.8 Å². The Morgan fingerprint density at radius 2 is 1.74 bits per heavy atom. The van der Waals surface area contributed by atoms with Gasteiger partial charge in [0.15, 0.2) is 5.58 Å². The SMILES string of the molecule is Cc1ccc2oc(C(C#N)=Cc3cn(-c4ccccc4)nc3-c3ccccc3)nc2c1. The second-order valence-electron chi connectivity index (χ2n) is 7.24. The minimum Gasteiger partial charge on any atom is -0.435 e. The molecule has 5 nitrogen and oxygen atoms in total. The van der Waals surface area contributed by atoms with E-state index in [1.807, 2.05) is 96.7 Å². The van der Waals surface area contributed by atoms with E-state index in [4.69, 9.17) is 9.52 Å². The van der Waals surface area contributed by atoms with Crippen molar-refractivity contribution in [2.24, 2.45) is 0 Å². The summed E-state index contributed by atoms with van der Waals surface area (Å²) in [5.41, 5.74) is 6.33. The summed E-state index contributed by atoms with van der Waals surface area (Å²) < 4.78 is 7.67. The molecule has 0 saturated heterocycles. The first-order valence-electron chi connectivity index (χ1n) is 9.91. The van der Waals surface area contributed by atoms with Gasteiger partial charge in [-0.2, -0.15) is 10.4 Å². The van der Waals surface area contributed by atoms with Crippen LogP contribution in [0.4, 0.5) is 0 Å². The molecule has 5 aromatic rings. The van der Waals surface area contributed by atoms with E-state index in [0.717, 1.165) is 33.6 Å². The first-order valence-corrected chi connectivity index (χ1v) is 9.91. The second kappa shape index (κ2) is 7.77. The van der Waals surface area contributed by atoms with Crippen LogP contribution in [0.2, 0.25) is 0 Å². The highest BCUT2D eigenvalue weighted by molar-refractivity contribution is 5.91. The quantitative estimate of drug-likeness (QED) is 0.343. The third-order valence-electron chi connectivity index (χ3n) is 5.00. The predicted octanol–water partition coefficient (Wildman–Crippen LogP) is 6.05. The van der Waals surface area contributed by atoms with Gasteiger partial charge in [0.05, 0.1) is 11.4 Å². The van der Waals surface area contributed by atoms with Crippen LogP contribution in [0.15, 0.2) is 89.5 Å². The number of benzene rings is 3. The van der Waals surface area contributed by atoms with Crippen molar-refractivity contribution < 1.29 is 4.42 Å². The lowest BCUT2D eigenvalue weighted by atomic mass is 10.1. The van der Waals surface area contributed by atoms with E-state index in [1.165, 1.54) is 0 Å². The predicted molar refractivity (Wildman–Crippen MR) is 121 cm³/mol. The summed E-state index contributed by atoms with van der Waals surface area (Å²) in [5.74, 6) is 0.301. The summed E-state index contributed by atoms with van der Waals surface area (Å²) >= 11 is 0. The molecule has 2 heterocycles. The van der Waals surface area contributed by atoms with Crippen molar-refractivity contribution >= 4 is 22.7 Å². The molecular weight excluding hydrogens is 384 g/mol. The summed E-state index contributed by atoms with van der Waals surface area (Å²) in [6.45, 7) is 2.00. The highest BCUT2D eigenvalue weighted by Crippen LogP contribution is 2.29. The third-order valence-corrected chi connectivity index (χ3v) is 5.00. The Labute approximate surface area is 179 Å². The van der Waals surface area contributed by atoms with Crippen molar-refractivity contribution in [2.75, 3.05) is 0 Å². The highest BCUT2D eigenvalue weighted by atomic mass is 16.3. The Bertz CT molecular complexity index is 1440. The third kappa shape index (κ3) is 3.63. The van der Waals surface area contributed by atoms with Crippen LogP contribution in [0.5, 0.6) is 0 Å². The molecular formula is C26H18N4O. The van der Waals surface area contributed by atoms with Gasteiger partial charge in [0.2, 0.25) is 5.89 Å². The summed E-state index contributed by atoms with van der Waals surface area (Å²) in [6.07, 6.45) is 3.70. The van der Waals surface area contributed by atoms with Crippen LogP contribution in [0, 0.1) is 18.3 Å². The fraction of sp³-hybridized carbons (Fsp3) is 0.0385. The van der Waals surface area contributed by atoms with Crippen molar-refractivity contribution in [1.29, 1.82) is 5.26 Å². The van der Waals surface area contributed by atoms with E-state index < -0.39 is 0 Å². The number of hydrogen-bond acceptors (Lipinski definition) is 4. The lowest BCUT2D eigenvalue weighted by Gasteiger charge is -2.00. The van der Waals surface area contributed by atoms with Crippen molar-refractivity contribution in [2.45, 2.75) is 6.92 Å². The summed E-state index contributed by atoms with van der Waals surface area (Å²) in [5, 5.41) is 14.7. The number of oxazole rings is 1. The number of rotatable bonds is 4. The minimum absolute atomic E-state index is 0.301.